The van der Waals surface area contributed by atoms with Gasteiger partial charge in [-0.15, -0.1) is 0 Å². The van der Waals surface area contributed by atoms with Crippen molar-refractivity contribution in [3.05, 3.63) is 44.4 Å². The van der Waals surface area contributed by atoms with Crippen LogP contribution in [0.1, 0.15) is 22.2 Å². The van der Waals surface area contributed by atoms with Gasteiger partial charge >= 0.3 is 16.8 Å². The number of aliphatic imine (C=N–C) groups is 1. The van der Waals surface area contributed by atoms with E-state index in [0.717, 1.165) is 15.9 Å². The molecule has 2 aromatic rings. The summed E-state index contributed by atoms with van der Waals surface area (Å²) in [5, 5.41) is 10.1. The fraction of sp³-hybridized carbons (Fsp3) is 0.250. The number of nitrogens with zero attached hydrogens (tertiary/aromatic N) is 2. The number of esters is 2. The van der Waals surface area contributed by atoms with Crippen LogP contribution < -0.4 is 4.87 Å². The van der Waals surface area contributed by atoms with Gasteiger partial charge in [-0.1, -0.05) is 11.3 Å². The van der Waals surface area contributed by atoms with Gasteiger partial charge in [0.2, 0.25) is 5.88 Å². The minimum absolute atomic E-state index is 0.189. The van der Waals surface area contributed by atoms with Gasteiger partial charge in [-0.2, -0.15) is 0 Å². The van der Waals surface area contributed by atoms with Crippen LogP contribution in [0, 0.1) is 0 Å². The lowest BCUT2D eigenvalue weighted by atomic mass is 10.2. The lowest BCUT2D eigenvalue weighted by Gasteiger charge is -2.03. The summed E-state index contributed by atoms with van der Waals surface area (Å²) < 4.78 is 10.3. The van der Waals surface area contributed by atoms with E-state index >= 15 is 0 Å². The minimum Gasteiger partial charge on any atom is -0.493 e. The quantitative estimate of drug-likeness (QED) is 0.618. The van der Waals surface area contributed by atoms with Crippen molar-refractivity contribution < 1.29 is 24.2 Å². The second-order valence-electron chi connectivity index (χ2n) is 4.74. The van der Waals surface area contributed by atoms with Gasteiger partial charge in [-0.3, -0.25) is 19.1 Å². The van der Waals surface area contributed by atoms with Crippen LogP contribution in [0.4, 0.5) is 5.69 Å². The number of ether oxygens (including phenoxy) is 2. The van der Waals surface area contributed by atoms with Gasteiger partial charge in [-0.05, 0) is 31.2 Å². The number of aromatic hydroxyl groups is 1. The molecule has 9 heteroatoms. The van der Waals surface area contributed by atoms with Crippen molar-refractivity contribution in [3.63, 3.8) is 0 Å². The molecule has 132 valence electrons. The van der Waals surface area contributed by atoms with E-state index in [-0.39, 0.29) is 23.9 Å². The third-order valence-corrected chi connectivity index (χ3v) is 4.01. The predicted molar refractivity (Wildman–Crippen MR) is 91.9 cm³/mol. The maximum Gasteiger partial charge on any atom is 0.337 e. The standard InChI is InChI=1S/C16H16N2O6S/c1-3-24-13(19)9-18-14(20)12(25-16(18)22)8-17-11-6-4-10(5-7-11)15(21)23-2/h4-8,20H,3,9H2,1-2H3. The average molecular weight is 364 g/mol. The van der Waals surface area contributed by atoms with Crippen LogP contribution in [0.25, 0.3) is 0 Å². The van der Waals surface area contributed by atoms with Crippen molar-refractivity contribution in [2.24, 2.45) is 4.99 Å². The number of thiazole rings is 1. The topological polar surface area (TPSA) is 107 Å². The second-order valence-corrected chi connectivity index (χ2v) is 5.74. The molecule has 1 heterocycles. The Morgan fingerprint density at radius 1 is 1.32 bits per heavy atom. The number of carbonyl (C=O) groups excluding carboxylic acids is 2. The molecular formula is C16H16N2O6S. The Morgan fingerprint density at radius 3 is 2.60 bits per heavy atom. The third kappa shape index (κ3) is 4.54. The van der Waals surface area contributed by atoms with Gasteiger partial charge in [0.25, 0.3) is 0 Å². The summed E-state index contributed by atoms with van der Waals surface area (Å²) >= 11 is 0.758. The third-order valence-electron chi connectivity index (χ3n) is 3.11. The number of benzene rings is 1. The molecule has 0 aliphatic rings. The van der Waals surface area contributed by atoms with E-state index in [2.05, 4.69) is 9.73 Å². The van der Waals surface area contributed by atoms with Crippen LogP contribution in [0.15, 0.2) is 34.1 Å². The molecule has 2 rings (SSSR count). The Balaban J connectivity index is 2.17. The van der Waals surface area contributed by atoms with Gasteiger partial charge in [-0.25, -0.2) is 4.79 Å². The molecule has 0 aliphatic carbocycles. The van der Waals surface area contributed by atoms with Gasteiger partial charge in [0.15, 0.2) is 0 Å². The average Bonchev–Trinajstić information content (AvgIpc) is 2.87. The Bertz CT molecular complexity index is 851. The predicted octanol–water partition coefficient (Wildman–Crippen LogP) is 1.72. The molecule has 1 N–H and O–H groups in total. The molecule has 0 saturated heterocycles. The van der Waals surface area contributed by atoms with E-state index in [0.29, 0.717) is 11.3 Å². The summed E-state index contributed by atoms with van der Waals surface area (Å²) in [4.78, 5) is 38.5. The number of hydrogen-bond donors (Lipinski definition) is 1. The number of aromatic nitrogens is 1. The van der Waals surface area contributed by atoms with Crippen LogP contribution >= 0.6 is 11.3 Å². The Labute approximate surface area is 147 Å². The highest BCUT2D eigenvalue weighted by atomic mass is 32.1. The van der Waals surface area contributed by atoms with E-state index in [4.69, 9.17) is 4.74 Å². The molecule has 0 radical (unpaired) electrons. The maximum atomic E-state index is 11.9. The van der Waals surface area contributed by atoms with Crippen LogP contribution in [0.2, 0.25) is 0 Å². The smallest absolute Gasteiger partial charge is 0.337 e. The molecule has 25 heavy (non-hydrogen) atoms. The molecule has 0 fully saturated rings. The first-order chi connectivity index (χ1) is 12.0. The van der Waals surface area contributed by atoms with Crippen LogP contribution in [0.3, 0.4) is 0 Å². The summed E-state index contributed by atoms with van der Waals surface area (Å²) in [6, 6.07) is 6.29. The Morgan fingerprint density at radius 2 is 2.00 bits per heavy atom. The van der Waals surface area contributed by atoms with E-state index in [1.54, 1.807) is 31.2 Å². The zero-order valence-electron chi connectivity index (χ0n) is 13.6. The monoisotopic (exact) mass is 364 g/mol. The van der Waals surface area contributed by atoms with Gasteiger partial charge in [0, 0.05) is 0 Å². The van der Waals surface area contributed by atoms with Crippen molar-refractivity contribution in [1.29, 1.82) is 0 Å². The molecule has 0 saturated carbocycles. The Kier molecular flexibility index (Phi) is 6.07. The van der Waals surface area contributed by atoms with Crippen LogP contribution in [-0.4, -0.2) is 41.5 Å². The van der Waals surface area contributed by atoms with Crippen LogP contribution in [-0.2, 0) is 20.8 Å². The maximum absolute atomic E-state index is 11.9. The lowest BCUT2D eigenvalue weighted by Crippen LogP contribution is -2.20. The largest absolute Gasteiger partial charge is 0.493 e. The second kappa shape index (κ2) is 8.25. The first kappa shape index (κ1) is 18.4. The lowest BCUT2D eigenvalue weighted by molar-refractivity contribution is -0.143. The summed E-state index contributed by atoms with van der Waals surface area (Å²) in [5.74, 6) is -1.42. The highest BCUT2D eigenvalue weighted by Gasteiger charge is 2.15. The minimum atomic E-state index is -0.611. The molecule has 1 aromatic carbocycles. The van der Waals surface area contributed by atoms with Crippen molar-refractivity contribution in [2.75, 3.05) is 13.7 Å². The zero-order valence-corrected chi connectivity index (χ0v) is 14.4. The molecule has 0 bridgehead atoms. The molecule has 1 aromatic heterocycles. The van der Waals surface area contributed by atoms with E-state index in [9.17, 15) is 19.5 Å². The molecule has 0 aliphatic heterocycles. The van der Waals surface area contributed by atoms with E-state index < -0.39 is 16.8 Å². The van der Waals surface area contributed by atoms with Crippen molar-refractivity contribution in [1.82, 2.24) is 4.57 Å². The summed E-state index contributed by atoms with van der Waals surface area (Å²) in [6.07, 6.45) is 1.32. The fourth-order valence-electron chi connectivity index (χ4n) is 1.91. The first-order valence-corrected chi connectivity index (χ1v) is 8.08. The first-order valence-electron chi connectivity index (χ1n) is 7.27. The number of methoxy groups -OCH3 is 1. The highest BCUT2D eigenvalue weighted by molar-refractivity contribution is 7.11. The molecule has 0 amide bonds. The Hall–Kier alpha value is -2.94. The molecular weight excluding hydrogens is 348 g/mol. The number of carbonyl (C=O) groups is 2. The SMILES string of the molecule is CCOC(=O)Cn1c(O)c(C=Nc2ccc(C(=O)OC)cc2)sc1=O. The summed E-state index contributed by atoms with van der Waals surface area (Å²) in [5.41, 5.74) is 0.902. The molecule has 0 unspecified atom stereocenters. The summed E-state index contributed by atoms with van der Waals surface area (Å²) in [6.45, 7) is 1.47. The van der Waals surface area contributed by atoms with Gasteiger partial charge < -0.3 is 14.6 Å². The number of rotatable bonds is 6. The van der Waals surface area contributed by atoms with Crippen LogP contribution in [0.5, 0.6) is 5.88 Å². The molecule has 0 atom stereocenters. The van der Waals surface area contributed by atoms with Crippen molar-refractivity contribution in [2.45, 2.75) is 13.5 Å². The summed E-state index contributed by atoms with van der Waals surface area (Å²) in [7, 11) is 1.29. The zero-order chi connectivity index (χ0) is 18.4. The van der Waals surface area contributed by atoms with E-state index in [1.165, 1.54) is 13.3 Å². The van der Waals surface area contributed by atoms with Crippen molar-refractivity contribution >= 4 is 35.2 Å². The van der Waals surface area contributed by atoms with E-state index in [1.807, 2.05) is 0 Å². The highest BCUT2D eigenvalue weighted by Crippen LogP contribution is 2.20. The van der Waals surface area contributed by atoms with Crippen molar-refractivity contribution in [3.8, 4) is 5.88 Å². The molecule has 8 nitrogen and oxygen atoms in total. The normalized spacial score (nSPS) is 10.8. The fourth-order valence-corrected chi connectivity index (χ4v) is 2.66. The van der Waals surface area contributed by atoms with Gasteiger partial charge in [0.1, 0.15) is 11.4 Å². The van der Waals surface area contributed by atoms with Gasteiger partial charge in [0.05, 0.1) is 31.2 Å². The molecule has 0 spiro atoms. The number of hydrogen-bond acceptors (Lipinski definition) is 8.